The first-order valence-corrected chi connectivity index (χ1v) is 10.3. The van der Waals surface area contributed by atoms with E-state index in [0.717, 1.165) is 11.1 Å². The van der Waals surface area contributed by atoms with Crippen LogP contribution in [0.1, 0.15) is 21.6 Å². The molecule has 0 saturated carbocycles. The Labute approximate surface area is 194 Å². The highest BCUT2D eigenvalue weighted by atomic mass is 16.6. The minimum atomic E-state index is -0.565. The van der Waals surface area contributed by atoms with E-state index >= 15 is 0 Å². The molecule has 4 aromatic rings. The summed E-state index contributed by atoms with van der Waals surface area (Å²) in [5.41, 5.74) is 2.26. The number of carbonyl (C=O) groups is 1. The molecule has 10 heteroatoms. The summed E-state index contributed by atoms with van der Waals surface area (Å²) >= 11 is 0. The highest BCUT2D eigenvalue weighted by Crippen LogP contribution is 2.29. The van der Waals surface area contributed by atoms with Crippen LogP contribution in [0.2, 0.25) is 0 Å². The van der Waals surface area contributed by atoms with Gasteiger partial charge in [0.25, 0.3) is 11.6 Å². The van der Waals surface area contributed by atoms with Crippen molar-refractivity contribution in [3.63, 3.8) is 0 Å². The van der Waals surface area contributed by atoms with Gasteiger partial charge in [0.15, 0.2) is 12.4 Å². The van der Waals surface area contributed by atoms with E-state index in [-0.39, 0.29) is 29.5 Å². The van der Waals surface area contributed by atoms with Gasteiger partial charge in [-0.1, -0.05) is 6.07 Å². The Kier molecular flexibility index (Phi) is 6.49. The van der Waals surface area contributed by atoms with Crippen molar-refractivity contribution in [2.24, 2.45) is 0 Å². The number of ether oxygens (including phenoxy) is 2. The van der Waals surface area contributed by atoms with Gasteiger partial charge in [-0.25, -0.2) is 4.68 Å². The van der Waals surface area contributed by atoms with Gasteiger partial charge in [0, 0.05) is 24.5 Å². The van der Waals surface area contributed by atoms with Gasteiger partial charge < -0.3 is 14.8 Å². The van der Waals surface area contributed by atoms with E-state index in [4.69, 9.17) is 9.47 Å². The topological polar surface area (TPSA) is 121 Å². The summed E-state index contributed by atoms with van der Waals surface area (Å²) in [5, 5.41) is 18.2. The van der Waals surface area contributed by atoms with Crippen molar-refractivity contribution in [2.45, 2.75) is 20.6 Å². The lowest BCUT2D eigenvalue weighted by atomic mass is 10.1. The molecule has 0 aliphatic rings. The van der Waals surface area contributed by atoms with Crippen molar-refractivity contribution in [2.75, 3.05) is 5.32 Å². The third-order valence-electron chi connectivity index (χ3n) is 4.66. The van der Waals surface area contributed by atoms with Crippen molar-refractivity contribution < 1.29 is 19.2 Å². The first-order valence-electron chi connectivity index (χ1n) is 10.3. The van der Waals surface area contributed by atoms with E-state index in [2.05, 4.69) is 15.4 Å². The molecule has 34 heavy (non-hydrogen) atoms. The van der Waals surface area contributed by atoms with Crippen molar-refractivity contribution in [3.8, 4) is 17.2 Å². The highest BCUT2D eigenvalue weighted by molar-refractivity contribution is 6.03. The average Bonchev–Trinajstić information content (AvgIpc) is 3.27. The van der Waals surface area contributed by atoms with Gasteiger partial charge in [-0.3, -0.25) is 19.9 Å². The van der Waals surface area contributed by atoms with Crippen LogP contribution in [-0.4, -0.2) is 25.6 Å². The van der Waals surface area contributed by atoms with Crippen LogP contribution in [0.25, 0.3) is 0 Å². The fourth-order valence-corrected chi connectivity index (χ4v) is 3.27. The minimum absolute atomic E-state index is 0.121. The molecule has 0 spiro atoms. The van der Waals surface area contributed by atoms with Gasteiger partial charge in [-0.2, -0.15) is 5.10 Å². The molecular weight excluding hydrogens is 438 g/mol. The zero-order valence-corrected chi connectivity index (χ0v) is 18.5. The Morgan fingerprint density at radius 2 is 1.85 bits per heavy atom. The molecule has 0 saturated heterocycles. The molecule has 2 heterocycles. The largest absolute Gasteiger partial charge is 0.471 e. The maximum Gasteiger partial charge on any atom is 0.276 e. The van der Waals surface area contributed by atoms with Crippen molar-refractivity contribution in [1.82, 2.24) is 14.8 Å². The number of nitro groups is 1. The summed E-state index contributed by atoms with van der Waals surface area (Å²) < 4.78 is 12.9. The number of benzene rings is 2. The SMILES string of the molecule is Cc1cc(C)cc(OCn2ccc(C(=O)Nc3cc(Oc4cccnc4)cc([N+](=O)[O-])c3)n2)c1. The summed E-state index contributed by atoms with van der Waals surface area (Å²) in [7, 11) is 0. The number of aryl methyl sites for hydroxylation is 2. The van der Waals surface area contributed by atoms with Crippen LogP contribution in [0.5, 0.6) is 17.2 Å². The highest BCUT2D eigenvalue weighted by Gasteiger charge is 2.15. The number of non-ortho nitro benzene ring substituents is 1. The molecule has 0 bridgehead atoms. The third kappa shape index (κ3) is 5.74. The average molecular weight is 459 g/mol. The number of pyridine rings is 1. The van der Waals surface area contributed by atoms with Gasteiger partial charge >= 0.3 is 0 Å². The Morgan fingerprint density at radius 1 is 1.06 bits per heavy atom. The minimum Gasteiger partial charge on any atom is -0.471 e. The third-order valence-corrected chi connectivity index (χ3v) is 4.66. The molecule has 10 nitrogen and oxygen atoms in total. The summed E-state index contributed by atoms with van der Waals surface area (Å²) in [6, 6.07) is 14.7. The molecule has 4 rings (SSSR count). The predicted octanol–water partition coefficient (Wildman–Crippen LogP) is 4.88. The van der Waals surface area contributed by atoms with Gasteiger partial charge in [-0.15, -0.1) is 0 Å². The number of nitrogens with zero attached hydrogens (tertiary/aromatic N) is 4. The van der Waals surface area contributed by atoms with Crippen LogP contribution in [0.4, 0.5) is 11.4 Å². The van der Waals surface area contributed by atoms with Gasteiger partial charge in [0.1, 0.15) is 17.2 Å². The number of hydrogen-bond donors (Lipinski definition) is 1. The lowest BCUT2D eigenvalue weighted by molar-refractivity contribution is -0.384. The van der Waals surface area contributed by atoms with Crippen molar-refractivity contribution in [1.29, 1.82) is 0 Å². The predicted molar refractivity (Wildman–Crippen MR) is 124 cm³/mol. The van der Waals surface area contributed by atoms with Crippen LogP contribution < -0.4 is 14.8 Å². The maximum absolute atomic E-state index is 12.7. The van der Waals surface area contributed by atoms with Gasteiger partial charge in [-0.05, 0) is 55.3 Å². The van der Waals surface area contributed by atoms with Gasteiger partial charge in [0.05, 0.1) is 22.9 Å². The Balaban J connectivity index is 1.45. The number of rotatable bonds is 8. The second kappa shape index (κ2) is 9.82. The number of carbonyl (C=O) groups excluding carboxylic acids is 1. The number of amides is 1. The Morgan fingerprint density at radius 3 is 2.56 bits per heavy atom. The monoisotopic (exact) mass is 459 g/mol. The maximum atomic E-state index is 12.7. The quantitative estimate of drug-likeness (QED) is 0.294. The fourth-order valence-electron chi connectivity index (χ4n) is 3.27. The summed E-state index contributed by atoms with van der Waals surface area (Å²) in [6.45, 7) is 4.09. The van der Waals surface area contributed by atoms with Crippen LogP contribution in [0.15, 0.2) is 73.2 Å². The molecule has 0 aliphatic carbocycles. The number of hydrogen-bond acceptors (Lipinski definition) is 7. The first kappa shape index (κ1) is 22.5. The second-order valence-corrected chi connectivity index (χ2v) is 7.55. The molecule has 0 unspecified atom stereocenters. The van der Waals surface area contributed by atoms with E-state index in [1.54, 1.807) is 24.5 Å². The Hall–Kier alpha value is -4.73. The summed E-state index contributed by atoms with van der Waals surface area (Å²) in [4.78, 5) is 27.4. The summed E-state index contributed by atoms with van der Waals surface area (Å²) in [6.07, 6.45) is 4.67. The van der Waals surface area contributed by atoms with E-state index in [1.165, 1.54) is 35.1 Å². The molecule has 0 aliphatic heterocycles. The van der Waals surface area contributed by atoms with Crippen molar-refractivity contribution >= 4 is 17.3 Å². The summed E-state index contributed by atoms with van der Waals surface area (Å²) in [5.74, 6) is 0.766. The molecule has 0 radical (unpaired) electrons. The first-order chi connectivity index (χ1) is 16.4. The molecule has 172 valence electrons. The van der Waals surface area contributed by atoms with E-state index in [1.807, 2.05) is 32.0 Å². The molecule has 0 fully saturated rings. The van der Waals surface area contributed by atoms with Crippen LogP contribution in [-0.2, 0) is 6.73 Å². The lowest BCUT2D eigenvalue weighted by Gasteiger charge is -2.09. The van der Waals surface area contributed by atoms with Crippen LogP contribution in [0.3, 0.4) is 0 Å². The fraction of sp³-hybridized carbons (Fsp3) is 0.125. The van der Waals surface area contributed by atoms with Crippen molar-refractivity contribution in [3.05, 3.63) is 100 Å². The molecule has 1 amide bonds. The Bertz CT molecular complexity index is 1320. The molecule has 0 atom stereocenters. The molecule has 2 aromatic heterocycles. The molecular formula is C24H21N5O5. The van der Waals surface area contributed by atoms with E-state index < -0.39 is 10.8 Å². The van der Waals surface area contributed by atoms with E-state index in [0.29, 0.717) is 11.5 Å². The van der Waals surface area contributed by atoms with Crippen LogP contribution >= 0.6 is 0 Å². The molecule has 1 N–H and O–H groups in total. The normalized spacial score (nSPS) is 10.5. The van der Waals surface area contributed by atoms with E-state index in [9.17, 15) is 14.9 Å². The molecule has 2 aromatic carbocycles. The zero-order chi connectivity index (χ0) is 24.1. The second-order valence-electron chi connectivity index (χ2n) is 7.55. The van der Waals surface area contributed by atoms with Crippen LogP contribution in [0, 0.1) is 24.0 Å². The number of aromatic nitrogens is 3. The standard InChI is InChI=1S/C24H21N5O5/c1-16-8-17(2)10-21(9-16)33-15-28-7-5-23(27-28)24(30)26-18-11-19(29(31)32)13-22(12-18)34-20-4-3-6-25-14-20/h3-14H,15H2,1-2H3,(H,26,30). The number of anilines is 1. The zero-order valence-electron chi connectivity index (χ0n) is 18.5. The number of nitrogens with one attached hydrogen (secondary N) is 1. The smallest absolute Gasteiger partial charge is 0.276 e. The number of nitro benzene ring substituents is 1. The van der Waals surface area contributed by atoms with Gasteiger partial charge in [0.2, 0.25) is 0 Å². The lowest BCUT2D eigenvalue weighted by Crippen LogP contribution is -2.14.